The molecular weight excluding hydrogens is 292 g/mol. The van der Waals surface area contributed by atoms with Crippen LogP contribution < -0.4 is 0 Å². The molecule has 0 spiro atoms. The lowest BCUT2D eigenvalue weighted by atomic mass is 9.98. The second-order valence-corrected chi connectivity index (χ2v) is 6.32. The van der Waals surface area contributed by atoms with Crippen LogP contribution in [0.4, 0.5) is 0 Å². The van der Waals surface area contributed by atoms with E-state index in [4.69, 9.17) is 0 Å². The topological polar surface area (TPSA) is 20.7 Å². The predicted octanol–water partition coefficient (Wildman–Crippen LogP) is 5.56. The molecule has 0 aliphatic heterocycles. The normalized spacial score (nSPS) is 12.5. The Morgan fingerprint density at radius 1 is 0.958 bits per heavy atom. The number of aryl methyl sites for hydroxylation is 1. The van der Waals surface area contributed by atoms with Crippen LogP contribution in [0.3, 0.4) is 0 Å². The molecule has 120 valence electrons. The van der Waals surface area contributed by atoms with Gasteiger partial charge in [0.25, 0.3) is 0 Å². The highest BCUT2D eigenvalue weighted by Crippen LogP contribution is 2.32. The van der Waals surface area contributed by atoms with Crippen molar-refractivity contribution >= 4 is 10.9 Å². The first-order valence-corrected chi connectivity index (χ1v) is 8.64. The van der Waals surface area contributed by atoms with Gasteiger partial charge >= 0.3 is 0 Å². The molecule has 2 aromatic carbocycles. The van der Waals surface area contributed by atoms with Crippen molar-refractivity contribution in [3.63, 3.8) is 0 Å². The molecule has 1 atom stereocenters. The zero-order valence-corrected chi connectivity index (χ0v) is 13.9. The highest BCUT2D eigenvalue weighted by Gasteiger charge is 2.19. The number of hydrogen-bond donors (Lipinski definition) is 1. The van der Waals surface area contributed by atoms with Gasteiger partial charge in [0.15, 0.2) is 0 Å². The van der Waals surface area contributed by atoms with Gasteiger partial charge in [0.05, 0.1) is 6.04 Å². The van der Waals surface area contributed by atoms with E-state index in [1.54, 1.807) is 0 Å². The SMILES string of the molecule is CCCc1ccn(C(c2ccccc2)c2c[nH]c3ccccc23)c1. The highest BCUT2D eigenvalue weighted by molar-refractivity contribution is 5.84. The van der Waals surface area contributed by atoms with Gasteiger partial charge in [0.2, 0.25) is 0 Å². The van der Waals surface area contributed by atoms with Crippen LogP contribution in [0.25, 0.3) is 10.9 Å². The van der Waals surface area contributed by atoms with E-state index < -0.39 is 0 Å². The second kappa shape index (κ2) is 6.40. The van der Waals surface area contributed by atoms with Gasteiger partial charge in [-0.3, -0.25) is 0 Å². The third-order valence-electron chi connectivity index (χ3n) is 4.64. The number of nitrogens with one attached hydrogen (secondary N) is 1. The summed E-state index contributed by atoms with van der Waals surface area (Å²) < 4.78 is 2.34. The minimum atomic E-state index is 0.188. The van der Waals surface area contributed by atoms with Gasteiger partial charge in [0, 0.05) is 35.1 Å². The van der Waals surface area contributed by atoms with Crippen molar-refractivity contribution in [3.8, 4) is 0 Å². The minimum Gasteiger partial charge on any atom is -0.361 e. The van der Waals surface area contributed by atoms with Crippen LogP contribution in [0.2, 0.25) is 0 Å². The summed E-state index contributed by atoms with van der Waals surface area (Å²) in [5.41, 5.74) is 5.21. The lowest BCUT2D eigenvalue weighted by Gasteiger charge is -2.19. The standard InChI is InChI=1S/C22H22N2/c1-2-8-17-13-14-24(16-17)22(18-9-4-3-5-10-18)20-15-23-21-12-7-6-11-19(20)21/h3-7,9-16,22-23H,2,8H2,1H3. The Bertz CT molecular complexity index is 931. The third kappa shape index (κ3) is 2.65. The van der Waals surface area contributed by atoms with Gasteiger partial charge in [-0.1, -0.05) is 61.9 Å². The van der Waals surface area contributed by atoms with E-state index in [2.05, 4.69) is 95.7 Å². The van der Waals surface area contributed by atoms with Gasteiger partial charge in [-0.15, -0.1) is 0 Å². The number of aromatic amines is 1. The first-order valence-electron chi connectivity index (χ1n) is 8.64. The number of fused-ring (bicyclic) bond motifs is 1. The second-order valence-electron chi connectivity index (χ2n) is 6.32. The molecule has 0 radical (unpaired) electrons. The molecule has 4 rings (SSSR count). The van der Waals surface area contributed by atoms with Crippen molar-refractivity contribution in [1.29, 1.82) is 0 Å². The van der Waals surface area contributed by atoms with E-state index in [1.165, 1.54) is 34.0 Å². The lowest BCUT2D eigenvalue weighted by Crippen LogP contribution is -2.10. The molecule has 0 aliphatic carbocycles. The summed E-state index contributed by atoms with van der Waals surface area (Å²) in [4.78, 5) is 3.43. The van der Waals surface area contributed by atoms with Gasteiger partial charge in [0.1, 0.15) is 0 Å². The fourth-order valence-corrected chi connectivity index (χ4v) is 3.52. The Balaban J connectivity index is 1.87. The first-order chi connectivity index (χ1) is 11.9. The maximum Gasteiger partial charge on any atom is 0.0853 e. The molecule has 4 aromatic rings. The van der Waals surface area contributed by atoms with Crippen LogP contribution in [-0.4, -0.2) is 9.55 Å². The molecule has 0 bridgehead atoms. The molecule has 1 unspecified atom stereocenters. The number of benzene rings is 2. The zero-order chi connectivity index (χ0) is 16.4. The van der Waals surface area contributed by atoms with E-state index in [-0.39, 0.29) is 6.04 Å². The summed E-state index contributed by atoms with van der Waals surface area (Å²) in [6.07, 6.45) is 8.96. The molecule has 1 N–H and O–H groups in total. The largest absolute Gasteiger partial charge is 0.361 e. The van der Waals surface area contributed by atoms with Gasteiger partial charge < -0.3 is 9.55 Å². The van der Waals surface area contributed by atoms with Gasteiger partial charge in [-0.2, -0.15) is 0 Å². The number of aromatic nitrogens is 2. The van der Waals surface area contributed by atoms with E-state index in [1.807, 2.05) is 0 Å². The van der Waals surface area contributed by atoms with Crippen molar-refractivity contribution < 1.29 is 0 Å². The molecule has 24 heavy (non-hydrogen) atoms. The van der Waals surface area contributed by atoms with Crippen molar-refractivity contribution in [2.75, 3.05) is 0 Å². The summed E-state index contributed by atoms with van der Waals surface area (Å²) in [5.74, 6) is 0. The third-order valence-corrected chi connectivity index (χ3v) is 4.64. The molecule has 2 aromatic heterocycles. The number of nitrogens with zero attached hydrogens (tertiary/aromatic N) is 1. The molecule has 0 saturated heterocycles. The van der Waals surface area contributed by atoms with E-state index in [0.29, 0.717) is 0 Å². The van der Waals surface area contributed by atoms with Crippen LogP contribution in [0.15, 0.2) is 79.3 Å². The van der Waals surface area contributed by atoms with Crippen molar-refractivity contribution in [3.05, 3.63) is 95.9 Å². The van der Waals surface area contributed by atoms with E-state index in [0.717, 1.165) is 6.42 Å². The average Bonchev–Trinajstić information content (AvgIpc) is 3.25. The fraction of sp³-hybridized carbons (Fsp3) is 0.182. The summed E-state index contributed by atoms with van der Waals surface area (Å²) in [6, 6.07) is 21.7. The summed E-state index contributed by atoms with van der Waals surface area (Å²) in [5, 5.41) is 1.29. The Morgan fingerprint density at radius 3 is 2.58 bits per heavy atom. The van der Waals surface area contributed by atoms with E-state index >= 15 is 0 Å². The number of para-hydroxylation sites is 1. The van der Waals surface area contributed by atoms with Crippen LogP contribution >= 0.6 is 0 Å². The average molecular weight is 314 g/mol. The van der Waals surface area contributed by atoms with Crippen LogP contribution in [0.1, 0.15) is 36.1 Å². The van der Waals surface area contributed by atoms with Crippen LogP contribution in [-0.2, 0) is 6.42 Å². The Morgan fingerprint density at radius 2 is 1.75 bits per heavy atom. The van der Waals surface area contributed by atoms with Gasteiger partial charge in [-0.25, -0.2) is 0 Å². The molecule has 2 nitrogen and oxygen atoms in total. The molecular formula is C22H22N2. The summed E-state index contributed by atoms with van der Waals surface area (Å²) in [6.45, 7) is 2.23. The van der Waals surface area contributed by atoms with Crippen molar-refractivity contribution in [2.24, 2.45) is 0 Å². The summed E-state index contributed by atoms with van der Waals surface area (Å²) >= 11 is 0. The molecule has 0 saturated carbocycles. The predicted molar refractivity (Wildman–Crippen MR) is 100 cm³/mol. The molecule has 0 fully saturated rings. The first kappa shape index (κ1) is 14.8. The Hall–Kier alpha value is -2.74. The zero-order valence-electron chi connectivity index (χ0n) is 13.9. The van der Waals surface area contributed by atoms with E-state index in [9.17, 15) is 0 Å². The number of H-pyrrole nitrogens is 1. The van der Waals surface area contributed by atoms with Crippen molar-refractivity contribution in [2.45, 2.75) is 25.8 Å². The maximum atomic E-state index is 3.43. The number of rotatable bonds is 5. The smallest absolute Gasteiger partial charge is 0.0853 e. The quantitative estimate of drug-likeness (QED) is 0.498. The maximum absolute atomic E-state index is 3.43. The fourth-order valence-electron chi connectivity index (χ4n) is 3.52. The molecule has 2 heterocycles. The van der Waals surface area contributed by atoms with Crippen LogP contribution in [0, 0.1) is 0 Å². The highest BCUT2D eigenvalue weighted by atomic mass is 15.0. The van der Waals surface area contributed by atoms with Crippen molar-refractivity contribution in [1.82, 2.24) is 9.55 Å². The summed E-state index contributed by atoms with van der Waals surface area (Å²) in [7, 11) is 0. The van der Waals surface area contributed by atoms with Gasteiger partial charge in [-0.05, 0) is 29.7 Å². The Kier molecular flexibility index (Phi) is 3.96. The monoisotopic (exact) mass is 314 g/mol. The molecule has 0 aliphatic rings. The molecule has 0 amide bonds. The van der Waals surface area contributed by atoms with Crippen LogP contribution in [0.5, 0.6) is 0 Å². The number of hydrogen-bond acceptors (Lipinski definition) is 0. The lowest BCUT2D eigenvalue weighted by molar-refractivity contribution is 0.684. The molecule has 2 heteroatoms. The minimum absolute atomic E-state index is 0.188. The Labute approximate surface area is 142 Å².